The lowest BCUT2D eigenvalue weighted by molar-refractivity contribution is 0.0697. The van der Waals surface area contributed by atoms with Crippen LogP contribution in [0.3, 0.4) is 0 Å². The topological polar surface area (TPSA) is 58.9 Å². The third-order valence-electron chi connectivity index (χ3n) is 2.92. The second kappa shape index (κ2) is 4.14. The number of carboxylic acids is 1. The van der Waals surface area contributed by atoms with Gasteiger partial charge in [0.05, 0.1) is 12.1 Å². The smallest absolute Gasteiger partial charge is 0.335 e. The minimum atomic E-state index is -0.913. The van der Waals surface area contributed by atoms with Crippen molar-refractivity contribution in [2.24, 2.45) is 4.99 Å². The van der Waals surface area contributed by atoms with Gasteiger partial charge in [-0.15, -0.1) is 0 Å². The van der Waals surface area contributed by atoms with Gasteiger partial charge in [-0.05, 0) is 35.0 Å². The van der Waals surface area contributed by atoms with E-state index < -0.39 is 5.97 Å². The van der Waals surface area contributed by atoms with Gasteiger partial charge in [0.25, 0.3) is 0 Å². The lowest BCUT2D eigenvalue weighted by Gasteiger charge is -2.04. The van der Waals surface area contributed by atoms with Crippen molar-refractivity contribution < 1.29 is 14.6 Å². The Kier molecular flexibility index (Phi) is 2.48. The van der Waals surface area contributed by atoms with Crippen LogP contribution in [0.4, 0.5) is 0 Å². The summed E-state index contributed by atoms with van der Waals surface area (Å²) in [6.45, 7) is 1.33. The van der Waals surface area contributed by atoms with Crippen LogP contribution >= 0.6 is 0 Å². The first kappa shape index (κ1) is 10.8. The molecule has 1 aliphatic heterocycles. The Morgan fingerprint density at radius 1 is 1.17 bits per heavy atom. The number of hydrogen-bond acceptors (Lipinski definition) is 3. The highest BCUT2D eigenvalue weighted by Gasteiger charge is 2.11. The molecule has 3 rings (SSSR count). The molecule has 1 aliphatic rings. The first-order chi connectivity index (χ1) is 8.74. The van der Waals surface area contributed by atoms with E-state index in [-0.39, 0.29) is 0 Å². The second-order valence-corrected chi connectivity index (χ2v) is 4.12. The number of rotatable bonds is 2. The minimum Gasteiger partial charge on any atom is -0.478 e. The molecule has 1 N–H and O–H groups in total. The molecule has 0 atom stereocenters. The van der Waals surface area contributed by atoms with Crippen LogP contribution in [0.25, 0.3) is 10.8 Å². The Hall–Kier alpha value is -2.36. The predicted octanol–water partition coefficient (Wildman–Crippen LogP) is 2.31. The summed E-state index contributed by atoms with van der Waals surface area (Å²) >= 11 is 0. The molecule has 1 heterocycles. The molecule has 90 valence electrons. The molecule has 18 heavy (non-hydrogen) atoms. The zero-order valence-corrected chi connectivity index (χ0v) is 9.59. The van der Waals surface area contributed by atoms with Gasteiger partial charge in [-0.3, -0.25) is 0 Å². The van der Waals surface area contributed by atoms with Crippen LogP contribution in [0.15, 0.2) is 41.4 Å². The maximum absolute atomic E-state index is 10.9. The molecule has 0 bridgehead atoms. The minimum absolute atomic E-state index is 0.296. The monoisotopic (exact) mass is 241 g/mol. The van der Waals surface area contributed by atoms with Crippen LogP contribution in [-0.2, 0) is 4.74 Å². The second-order valence-electron chi connectivity index (χ2n) is 4.12. The van der Waals surface area contributed by atoms with Gasteiger partial charge in [0, 0.05) is 5.56 Å². The average molecular weight is 241 g/mol. The number of fused-ring (bicyclic) bond motifs is 1. The van der Waals surface area contributed by atoms with Crippen molar-refractivity contribution in [2.45, 2.75) is 0 Å². The van der Waals surface area contributed by atoms with E-state index in [4.69, 9.17) is 9.84 Å². The summed E-state index contributed by atoms with van der Waals surface area (Å²) in [5, 5.41) is 10.8. The molecule has 4 heteroatoms. The molecule has 2 aromatic carbocycles. The lowest BCUT2D eigenvalue weighted by Crippen LogP contribution is -2.01. The van der Waals surface area contributed by atoms with Gasteiger partial charge in [0.15, 0.2) is 0 Å². The summed E-state index contributed by atoms with van der Waals surface area (Å²) in [5.41, 5.74) is 1.23. The fourth-order valence-corrected chi connectivity index (χ4v) is 2.02. The zero-order valence-electron chi connectivity index (χ0n) is 9.59. The van der Waals surface area contributed by atoms with E-state index in [0.717, 1.165) is 16.3 Å². The Labute approximate surface area is 104 Å². The molecule has 0 unspecified atom stereocenters. The molecule has 4 nitrogen and oxygen atoms in total. The fraction of sp³-hybridized carbons (Fsp3) is 0.143. The number of hydrogen-bond donors (Lipinski definition) is 1. The van der Waals surface area contributed by atoms with Gasteiger partial charge in [-0.25, -0.2) is 9.79 Å². The Morgan fingerprint density at radius 2 is 1.94 bits per heavy atom. The third kappa shape index (κ3) is 1.82. The van der Waals surface area contributed by atoms with Crippen molar-refractivity contribution in [1.82, 2.24) is 0 Å². The Morgan fingerprint density at radius 3 is 2.67 bits per heavy atom. The van der Waals surface area contributed by atoms with E-state index in [1.54, 1.807) is 18.2 Å². The third-order valence-corrected chi connectivity index (χ3v) is 2.92. The summed E-state index contributed by atoms with van der Waals surface area (Å²) < 4.78 is 5.41. The van der Waals surface area contributed by atoms with Crippen molar-refractivity contribution >= 4 is 22.6 Å². The van der Waals surface area contributed by atoms with Gasteiger partial charge in [-0.2, -0.15) is 0 Å². The van der Waals surface area contributed by atoms with E-state index in [0.29, 0.717) is 24.6 Å². The standard InChI is InChI=1S/C14H11NO3/c16-14(17)12-4-2-9-7-11(3-1-10(9)8-12)13-15-5-6-18-13/h1-4,7-8H,5-6H2,(H,16,17). The van der Waals surface area contributed by atoms with Crippen LogP contribution in [0.2, 0.25) is 0 Å². The normalized spacial score (nSPS) is 14.3. The summed E-state index contributed by atoms with van der Waals surface area (Å²) in [4.78, 5) is 15.1. The van der Waals surface area contributed by atoms with Crippen molar-refractivity contribution in [3.63, 3.8) is 0 Å². The molecule has 0 spiro atoms. The van der Waals surface area contributed by atoms with Gasteiger partial charge < -0.3 is 9.84 Å². The highest BCUT2D eigenvalue weighted by atomic mass is 16.5. The first-order valence-electron chi connectivity index (χ1n) is 5.69. The lowest BCUT2D eigenvalue weighted by atomic mass is 10.0. The van der Waals surface area contributed by atoms with E-state index in [1.165, 1.54) is 0 Å². The summed E-state index contributed by atoms with van der Waals surface area (Å²) in [7, 11) is 0. The molecule has 0 aliphatic carbocycles. The maximum atomic E-state index is 10.9. The van der Waals surface area contributed by atoms with Crippen LogP contribution in [0.5, 0.6) is 0 Å². The molecule has 0 amide bonds. The van der Waals surface area contributed by atoms with Gasteiger partial charge in [0.1, 0.15) is 6.61 Å². The van der Waals surface area contributed by atoms with Gasteiger partial charge in [0.2, 0.25) is 5.90 Å². The number of aliphatic imine (C=N–C) groups is 1. The van der Waals surface area contributed by atoms with E-state index in [2.05, 4.69) is 4.99 Å². The van der Waals surface area contributed by atoms with E-state index >= 15 is 0 Å². The molecule has 2 aromatic rings. The number of carboxylic acid groups (broad SMARTS) is 1. The largest absolute Gasteiger partial charge is 0.478 e. The Bertz CT molecular complexity index is 661. The highest BCUT2D eigenvalue weighted by Crippen LogP contribution is 2.19. The molecular weight excluding hydrogens is 230 g/mol. The van der Waals surface area contributed by atoms with E-state index in [1.807, 2.05) is 18.2 Å². The van der Waals surface area contributed by atoms with Gasteiger partial charge >= 0.3 is 5.97 Å². The van der Waals surface area contributed by atoms with E-state index in [9.17, 15) is 4.79 Å². The van der Waals surface area contributed by atoms with Crippen molar-refractivity contribution in [1.29, 1.82) is 0 Å². The molecule has 0 fully saturated rings. The van der Waals surface area contributed by atoms with Crippen LogP contribution in [0.1, 0.15) is 15.9 Å². The molecule has 0 aromatic heterocycles. The van der Waals surface area contributed by atoms with Crippen molar-refractivity contribution in [3.8, 4) is 0 Å². The van der Waals surface area contributed by atoms with Crippen LogP contribution in [0, 0.1) is 0 Å². The molecular formula is C14H11NO3. The number of ether oxygens (including phenoxy) is 1. The number of nitrogens with zero attached hydrogens (tertiary/aromatic N) is 1. The number of carbonyl (C=O) groups is 1. The summed E-state index contributed by atoms with van der Waals surface area (Å²) in [5.74, 6) is -0.247. The Balaban J connectivity index is 2.08. The SMILES string of the molecule is O=C(O)c1ccc2cc(C3=NCCO3)ccc2c1. The van der Waals surface area contributed by atoms with Crippen molar-refractivity contribution in [3.05, 3.63) is 47.5 Å². The molecule has 0 saturated carbocycles. The van der Waals surface area contributed by atoms with Crippen LogP contribution in [-0.4, -0.2) is 30.1 Å². The quantitative estimate of drug-likeness (QED) is 0.877. The maximum Gasteiger partial charge on any atom is 0.335 e. The first-order valence-corrected chi connectivity index (χ1v) is 5.69. The summed E-state index contributed by atoms with van der Waals surface area (Å²) in [6.07, 6.45) is 0. The number of benzene rings is 2. The number of aromatic carboxylic acids is 1. The molecule has 0 saturated heterocycles. The average Bonchev–Trinajstić information content (AvgIpc) is 2.91. The fourth-order valence-electron chi connectivity index (χ4n) is 2.02. The predicted molar refractivity (Wildman–Crippen MR) is 68.3 cm³/mol. The molecule has 0 radical (unpaired) electrons. The van der Waals surface area contributed by atoms with Gasteiger partial charge in [-0.1, -0.05) is 12.1 Å². The summed E-state index contributed by atoms with van der Waals surface area (Å²) in [6, 6.07) is 10.8. The van der Waals surface area contributed by atoms with Crippen LogP contribution < -0.4 is 0 Å². The van der Waals surface area contributed by atoms with Crippen molar-refractivity contribution in [2.75, 3.05) is 13.2 Å². The zero-order chi connectivity index (χ0) is 12.5. The highest BCUT2D eigenvalue weighted by molar-refractivity contribution is 6.00.